The normalized spacial score (nSPS) is 12.5. The Morgan fingerprint density at radius 1 is 1.21 bits per heavy atom. The summed E-state index contributed by atoms with van der Waals surface area (Å²) in [7, 11) is 0. The molecular formula is C17H23NO. The third kappa shape index (κ3) is 3.97. The summed E-state index contributed by atoms with van der Waals surface area (Å²) in [6.45, 7) is 5.42. The van der Waals surface area contributed by atoms with Crippen LogP contribution in [0.3, 0.4) is 0 Å². The van der Waals surface area contributed by atoms with E-state index in [0.29, 0.717) is 6.04 Å². The van der Waals surface area contributed by atoms with Crippen molar-refractivity contribution >= 4 is 0 Å². The monoisotopic (exact) mass is 257 g/mol. The van der Waals surface area contributed by atoms with Gasteiger partial charge in [0.1, 0.15) is 0 Å². The molecule has 0 aliphatic carbocycles. The lowest BCUT2D eigenvalue weighted by Gasteiger charge is -2.17. The van der Waals surface area contributed by atoms with E-state index < -0.39 is 0 Å². The number of furan rings is 1. The van der Waals surface area contributed by atoms with Crippen LogP contribution in [0.1, 0.15) is 42.5 Å². The SMILES string of the molecule is CCCNC(CCc1ccccc1C)c1ccoc1. The van der Waals surface area contributed by atoms with Gasteiger partial charge in [-0.15, -0.1) is 0 Å². The topological polar surface area (TPSA) is 25.2 Å². The molecule has 19 heavy (non-hydrogen) atoms. The van der Waals surface area contributed by atoms with Gasteiger partial charge in [0.05, 0.1) is 12.5 Å². The second-order valence-electron chi connectivity index (χ2n) is 5.03. The Kier molecular flexibility index (Phi) is 5.22. The fourth-order valence-corrected chi connectivity index (χ4v) is 2.37. The molecular weight excluding hydrogens is 234 g/mol. The van der Waals surface area contributed by atoms with Crippen LogP contribution in [0.5, 0.6) is 0 Å². The number of benzene rings is 1. The number of aryl methyl sites for hydroxylation is 2. The first-order valence-electron chi connectivity index (χ1n) is 7.11. The summed E-state index contributed by atoms with van der Waals surface area (Å²) in [5.41, 5.74) is 4.07. The average Bonchev–Trinajstić information content (AvgIpc) is 2.94. The molecule has 1 aromatic heterocycles. The van der Waals surface area contributed by atoms with Gasteiger partial charge in [-0.25, -0.2) is 0 Å². The van der Waals surface area contributed by atoms with Gasteiger partial charge in [-0.3, -0.25) is 0 Å². The van der Waals surface area contributed by atoms with Gasteiger partial charge in [0.15, 0.2) is 0 Å². The molecule has 0 amide bonds. The van der Waals surface area contributed by atoms with Gasteiger partial charge in [0.25, 0.3) is 0 Å². The van der Waals surface area contributed by atoms with E-state index in [-0.39, 0.29) is 0 Å². The van der Waals surface area contributed by atoms with Crippen LogP contribution in [0.2, 0.25) is 0 Å². The molecule has 102 valence electrons. The van der Waals surface area contributed by atoms with E-state index in [9.17, 15) is 0 Å². The van der Waals surface area contributed by atoms with Crippen LogP contribution in [-0.2, 0) is 6.42 Å². The predicted octanol–water partition coefficient (Wildman–Crippen LogP) is 4.26. The summed E-state index contributed by atoms with van der Waals surface area (Å²) in [4.78, 5) is 0. The lowest BCUT2D eigenvalue weighted by atomic mass is 9.98. The van der Waals surface area contributed by atoms with E-state index in [1.165, 1.54) is 16.7 Å². The molecule has 2 heteroatoms. The zero-order valence-corrected chi connectivity index (χ0v) is 11.9. The summed E-state index contributed by atoms with van der Waals surface area (Å²) in [6, 6.07) is 11.1. The minimum atomic E-state index is 0.387. The van der Waals surface area contributed by atoms with Crippen LogP contribution < -0.4 is 5.32 Å². The van der Waals surface area contributed by atoms with Crippen molar-refractivity contribution in [3.05, 3.63) is 59.5 Å². The summed E-state index contributed by atoms with van der Waals surface area (Å²) >= 11 is 0. The Balaban J connectivity index is 1.99. The van der Waals surface area contributed by atoms with E-state index in [0.717, 1.165) is 25.8 Å². The minimum Gasteiger partial charge on any atom is -0.472 e. The molecule has 1 unspecified atom stereocenters. The van der Waals surface area contributed by atoms with Crippen molar-refractivity contribution < 1.29 is 4.42 Å². The first-order chi connectivity index (χ1) is 9.31. The highest BCUT2D eigenvalue weighted by Gasteiger charge is 2.12. The van der Waals surface area contributed by atoms with Gasteiger partial charge in [0, 0.05) is 11.6 Å². The molecule has 0 spiro atoms. The van der Waals surface area contributed by atoms with Crippen molar-refractivity contribution in [2.24, 2.45) is 0 Å². The summed E-state index contributed by atoms with van der Waals surface area (Å²) in [5, 5.41) is 3.60. The van der Waals surface area contributed by atoms with E-state index in [1.54, 1.807) is 6.26 Å². The van der Waals surface area contributed by atoms with Crippen molar-refractivity contribution in [3.63, 3.8) is 0 Å². The number of nitrogens with one attached hydrogen (secondary N) is 1. The van der Waals surface area contributed by atoms with Crippen molar-refractivity contribution in [1.29, 1.82) is 0 Å². The molecule has 0 radical (unpaired) electrons. The van der Waals surface area contributed by atoms with E-state index in [2.05, 4.69) is 49.5 Å². The molecule has 1 heterocycles. The van der Waals surface area contributed by atoms with Gasteiger partial charge < -0.3 is 9.73 Å². The first-order valence-corrected chi connectivity index (χ1v) is 7.11. The first kappa shape index (κ1) is 13.9. The lowest BCUT2D eigenvalue weighted by Crippen LogP contribution is -2.22. The third-order valence-corrected chi connectivity index (χ3v) is 3.55. The van der Waals surface area contributed by atoms with Gasteiger partial charge in [-0.2, -0.15) is 0 Å². The standard InChI is InChI=1S/C17H23NO/c1-3-11-18-17(16-10-12-19-13-16)9-8-15-7-5-4-6-14(15)2/h4-7,10,12-13,17-18H,3,8-9,11H2,1-2H3. The second kappa shape index (κ2) is 7.15. The van der Waals surface area contributed by atoms with Gasteiger partial charge in [0.2, 0.25) is 0 Å². The Morgan fingerprint density at radius 2 is 2.05 bits per heavy atom. The fourth-order valence-electron chi connectivity index (χ4n) is 2.37. The summed E-state index contributed by atoms with van der Waals surface area (Å²) in [6.07, 6.45) is 6.96. The smallest absolute Gasteiger partial charge is 0.0950 e. The largest absolute Gasteiger partial charge is 0.472 e. The molecule has 0 aliphatic heterocycles. The highest BCUT2D eigenvalue weighted by atomic mass is 16.3. The molecule has 1 N–H and O–H groups in total. The molecule has 2 aromatic rings. The maximum atomic E-state index is 5.21. The zero-order valence-electron chi connectivity index (χ0n) is 11.9. The molecule has 0 saturated carbocycles. The maximum Gasteiger partial charge on any atom is 0.0950 e. The van der Waals surface area contributed by atoms with E-state index in [4.69, 9.17) is 4.42 Å². The molecule has 1 atom stereocenters. The maximum absolute atomic E-state index is 5.21. The van der Waals surface area contributed by atoms with Crippen LogP contribution in [-0.4, -0.2) is 6.54 Å². The molecule has 0 fully saturated rings. The Labute approximate surface area is 115 Å². The molecule has 0 aliphatic rings. The Bertz CT molecular complexity index is 476. The van der Waals surface area contributed by atoms with Crippen molar-refractivity contribution in [3.8, 4) is 0 Å². The third-order valence-electron chi connectivity index (χ3n) is 3.55. The molecule has 0 saturated heterocycles. The molecule has 2 rings (SSSR count). The second-order valence-corrected chi connectivity index (χ2v) is 5.03. The van der Waals surface area contributed by atoms with Gasteiger partial charge >= 0.3 is 0 Å². The van der Waals surface area contributed by atoms with Gasteiger partial charge in [-0.1, -0.05) is 31.2 Å². The molecule has 2 nitrogen and oxygen atoms in total. The predicted molar refractivity (Wildman–Crippen MR) is 79.2 cm³/mol. The van der Waals surface area contributed by atoms with Crippen LogP contribution >= 0.6 is 0 Å². The quantitative estimate of drug-likeness (QED) is 0.801. The Morgan fingerprint density at radius 3 is 2.74 bits per heavy atom. The highest BCUT2D eigenvalue weighted by molar-refractivity contribution is 5.26. The highest BCUT2D eigenvalue weighted by Crippen LogP contribution is 2.21. The Hall–Kier alpha value is -1.54. The number of hydrogen-bond acceptors (Lipinski definition) is 2. The van der Waals surface area contributed by atoms with E-state index >= 15 is 0 Å². The lowest BCUT2D eigenvalue weighted by molar-refractivity contribution is 0.488. The van der Waals surface area contributed by atoms with Crippen molar-refractivity contribution in [2.45, 2.75) is 39.2 Å². The minimum absolute atomic E-state index is 0.387. The summed E-state index contributed by atoms with van der Waals surface area (Å²) in [5.74, 6) is 0. The molecule has 1 aromatic carbocycles. The van der Waals surface area contributed by atoms with Crippen LogP contribution in [0, 0.1) is 6.92 Å². The zero-order chi connectivity index (χ0) is 13.5. The van der Waals surface area contributed by atoms with Crippen LogP contribution in [0.15, 0.2) is 47.3 Å². The number of hydrogen-bond donors (Lipinski definition) is 1. The van der Waals surface area contributed by atoms with Crippen molar-refractivity contribution in [1.82, 2.24) is 5.32 Å². The van der Waals surface area contributed by atoms with Gasteiger partial charge in [-0.05, 0) is 49.9 Å². The summed E-state index contributed by atoms with van der Waals surface area (Å²) < 4.78 is 5.21. The molecule has 0 bridgehead atoms. The van der Waals surface area contributed by atoms with Crippen molar-refractivity contribution in [2.75, 3.05) is 6.54 Å². The fraction of sp³-hybridized carbons (Fsp3) is 0.412. The number of rotatable bonds is 7. The van der Waals surface area contributed by atoms with E-state index in [1.807, 2.05) is 6.26 Å². The average molecular weight is 257 g/mol. The van der Waals surface area contributed by atoms with Crippen LogP contribution in [0.4, 0.5) is 0 Å². The van der Waals surface area contributed by atoms with Crippen LogP contribution in [0.25, 0.3) is 0 Å².